The van der Waals surface area contributed by atoms with Crippen LogP contribution in [-0.4, -0.2) is 13.3 Å². The molecule has 0 radical (unpaired) electrons. The van der Waals surface area contributed by atoms with E-state index in [-0.39, 0.29) is 0 Å². The third-order valence-corrected chi connectivity index (χ3v) is 0.966. The predicted octanol–water partition coefficient (Wildman–Crippen LogP) is 0.00200. The van der Waals surface area contributed by atoms with E-state index >= 15 is 0 Å². The smallest absolute Gasteiger partial charge is 0.127 e. The Balaban J connectivity index is 4.36. The molecule has 0 aliphatic heterocycles. The van der Waals surface area contributed by atoms with E-state index in [0.717, 1.165) is 5.57 Å². The number of aliphatic imine (C=N–C) groups is 1. The van der Waals surface area contributed by atoms with E-state index < -0.39 is 0 Å². The highest BCUT2D eigenvalue weighted by molar-refractivity contribution is 5.32. The summed E-state index contributed by atoms with van der Waals surface area (Å²) >= 11 is 0. The van der Waals surface area contributed by atoms with Gasteiger partial charge < -0.3 is 11.5 Å². The Labute approximate surface area is 54.8 Å². The summed E-state index contributed by atoms with van der Waals surface area (Å²) in [6, 6.07) is 0. The van der Waals surface area contributed by atoms with Gasteiger partial charge in [-0.05, 0) is 6.72 Å². The van der Waals surface area contributed by atoms with Gasteiger partial charge in [-0.1, -0.05) is 12.7 Å². The molecule has 3 nitrogen and oxygen atoms in total. The van der Waals surface area contributed by atoms with E-state index in [9.17, 15) is 0 Å². The molecule has 0 aromatic heterocycles. The summed E-state index contributed by atoms with van der Waals surface area (Å²) in [6.07, 6.45) is 1.57. The average Bonchev–Trinajstić information content (AvgIpc) is 1.90. The van der Waals surface area contributed by atoms with Gasteiger partial charge in [-0.25, -0.2) is 4.99 Å². The van der Waals surface area contributed by atoms with Gasteiger partial charge in [0.1, 0.15) is 5.82 Å². The van der Waals surface area contributed by atoms with E-state index in [1.807, 2.05) is 0 Å². The average molecular weight is 125 g/mol. The Morgan fingerprint density at radius 3 is 2.33 bits per heavy atom. The van der Waals surface area contributed by atoms with Crippen LogP contribution < -0.4 is 11.5 Å². The summed E-state index contributed by atoms with van der Waals surface area (Å²) < 4.78 is 0. The highest BCUT2D eigenvalue weighted by Gasteiger charge is 1.91. The molecule has 0 bridgehead atoms. The van der Waals surface area contributed by atoms with Crippen molar-refractivity contribution in [3.63, 3.8) is 0 Å². The van der Waals surface area contributed by atoms with Gasteiger partial charge in [0, 0.05) is 12.1 Å². The van der Waals surface area contributed by atoms with Crippen LogP contribution >= 0.6 is 0 Å². The van der Waals surface area contributed by atoms with Gasteiger partial charge in [0.2, 0.25) is 0 Å². The Morgan fingerprint density at radius 2 is 2.22 bits per heavy atom. The lowest BCUT2D eigenvalue weighted by Gasteiger charge is -1.97. The zero-order valence-corrected chi connectivity index (χ0v) is 5.30. The fourth-order valence-electron chi connectivity index (χ4n) is 0.394. The van der Waals surface area contributed by atoms with Crippen LogP contribution in [0, 0.1) is 0 Å². The maximum atomic E-state index is 5.34. The molecular weight excluding hydrogens is 114 g/mol. The van der Waals surface area contributed by atoms with Crippen LogP contribution in [0.1, 0.15) is 0 Å². The fraction of sp³-hybridized carbons (Fsp3) is 0.167. The Morgan fingerprint density at radius 1 is 1.67 bits per heavy atom. The lowest BCUT2D eigenvalue weighted by molar-refractivity contribution is 1.10. The topological polar surface area (TPSA) is 64.4 Å². The summed E-state index contributed by atoms with van der Waals surface area (Å²) in [5.41, 5.74) is 11.3. The van der Waals surface area contributed by atoms with Gasteiger partial charge in [-0.2, -0.15) is 0 Å². The molecule has 0 heterocycles. The van der Waals surface area contributed by atoms with Crippen LogP contribution in [0.25, 0.3) is 0 Å². The molecule has 50 valence electrons. The van der Waals surface area contributed by atoms with Crippen LogP contribution in [0.15, 0.2) is 29.0 Å². The van der Waals surface area contributed by atoms with Crippen molar-refractivity contribution in [3.8, 4) is 0 Å². The molecular formula is C6H11N3. The van der Waals surface area contributed by atoms with Crippen LogP contribution in [-0.2, 0) is 0 Å². The molecule has 0 fully saturated rings. The molecule has 4 N–H and O–H groups in total. The standard InChI is InChI=1S/C6H11N3/c1-3-5(4-7)6(8)9-2/h3H,1-2,4,7-8H2/b6-5+. The number of nitrogens with two attached hydrogens (primary N) is 2. The lowest BCUT2D eigenvalue weighted by atomic mass is 10.3. The second-order valence-corrected chi connectivity index (χ2v) is 1.48. The number of rotatable bonds is 3. The van der Waals surface area contributed by atoms with Crippen LogP contribution in [0.2, 0.25) is 0 Å². The highest BCUT2D eigenvalue weighted by Crippen LogP contribution is 1.96. The third-order valence-electron chi connectivity index (χ3n) is 0.966. The third kappa shape index (κ3) is 2.10. The minimum atomic E-state index is 0.354. The first-order valence-corrected chi connectivity index (χ1v) is 2.54. The Hall–Kier alpha value is -1.09. The first kappa shape index (κ1) is 7.91. The molecule has 3 heteroatoms. The molecule has 0 amide bonds. The maximum Gasteiger partial charge on any atom is 0.127 e. The normalized spacial score (nSPS) is 12.1. The van der Waals surface area contributed by atoms with Crippen molar-refractivity contribution in [1.29, 1.82) is 0 Å². The molecule has 9 heavy (non-hydrogen) atoms. The maximum absolute atomic E-state index is 5.34. The van der Waals surface area contributed by atoms with Crippen molar-refractivity contribution in [2.45, 2.75) is 0 Å². The molecule has 0 aliphatic carbocycles. The predicted molar refractivity (Wildman–Crippen MR) is 40.0 cm³/mol. The molecule has 0 rings (SSSR count). The number of hydrogen-bond donors (Lipinski definition) is 2. The summed E-state index contributed by atoms with van der Waals surface area (Å²) in [6.45, 7) is 7.09. The van der Waals surface area contributed by atoms with Crippen molar-refractivity contribution in [2.75, 3.05) is 6.54 Å². The first-order chi connectivity index (χ1) is 4.26. The van der Waals surface area contributed by atoms with Crippen LogP contribution in [0.4, 0.5) is 0 Å². The van der Waals surface area contributed by atoms with E-state index in [1.54, 1.807) is 6.08 Å². The molecule has 0 aromatic carbocycles. The van der Waals surface area contributed by atoms with E-state index in [4.69, 9.17) is 11.5 Å². The van der Waals surface area contributed by atoms with Crippen molar-refractivity contribution < 1.29 is 0 Å². The van der Waals surface area contributed by atoms with E-state index in [1.165, 1.54) is 0 Å². The van der Waals surface area contributed by atoms with Crippen molar-refractivity contribution in [3.05, 3.63) is 24.0 Å². The summed E-state index contributed by atoms with van der Waals surface area (Å²) in [7, 11) is 0. The molecule has 0 unspecified atom stereocenters. The van der Waals surface area contributed by atoms with E-state index in [2.05, 4.69) is 18.3 Å². The summed E-state index contributed by atoms with van der Waals surface area (Å²) in [5.74, 6) is 0.354. The molecule has 0 aromatic rings. The van der Waals surface area contributed by atoms with Gasteiger partial charge in [0.25, 0.3) is 0 Å². The second-order valence-electron chi connectivity index (χ2n) is 1.48. The van der Waals surface area contributed by atoms with Gasteiger partial charge in [-0.3, -0.25) is 0 Å². The minimum Gasteiger partial charge on any atom is -0.383 e. The number of nitrogens with zero attached hydrogens (tertiary/aromatic N) is 1. The molecule has 0 saturated carbocycles. The van der Waals surface area contributed by atoms with E-state index in [0.29, 0.717) is 12.4 Å². The molecule has 0 saturated heterocycles. The summed E-state index contributed by atoms with van der Waals surface area (Å²) in [5, 5.41) is 0. The van der Waals surface area contributed by atoms with Crippen LogP contribution in [0.3, 0.4) is 0 Å². The fourth-order valence-corrected chi connectivity index (χ4v) is 0.394. The van der Waals surface area contributed by atoms with Crippen LogP contribution in [0.5, 0.6) is 0 Å². The summed E-state index contributed by atoms with van der Waals surface area (Å²) in [4.78, 5) is 3.49. The Bertz CT molecular complexity index is 146. The van der Waals surface area contributed by atoms with Crippen molar-refractivity contribution in [2.24, 2.45) is 16.5 Å². The zero-order chi connectivity index (χ0) is 7.28. The van der Waals surface area contributed by atoms with Gasteiger partial charge >= 0.3 is 0 Å². The quantitative estimate of drug-likeness (QED) is 0.412. The van der Waals surface area contributed by atoms with Gasteiger partial charge in [0.15, 0.2) is 0 Å². The lowest BCUT2D eigenvalue weighted by Crippen LogP contribution is -2.07. The number of hydrogen-bond acceptors (Lipinski definition) is 3. The molecule has 0 spiro atoms. The zero-order valence-electron chi connectivity index (χ0n) is 5.30. The molecule has 0 aliphatic rings. The second kappa shape index (κ2) is 3.86. The highest BCUT2D eigenvalue weighted by atomic mass is 14.9. The Kier molecular flexibility index (Phi) is 3.39. The SMILES string of the molecule is C=C/C(CN)=C(/N)N=C. The largest absolute Gasteiger partial charge is 0.383 e. The van der Waals surface area contributed by atoms with Crippen molar-refractivity contribution >= 4 is 6.72 Å². The first-order valence-electron chi connectivity index (χ1n) is 2.54. The molecule has 0 atom stereocenters. The van der Waals surface area contributed by atoms with Gasteiger partial charge in [-0.15, -0.1) is 0 Å². The monoisotopic (exact) mass is 125 g/mol. The minimum absolute atomic E-state index is 0.354. The van der Waals surface area contributed by atoms with Crippen molar-refractivity contribution in [1.82, 2.24) is 0 Å². The van der Waals surface area contributed by atoms with Gasteiger partial charge in [0.05, 0.1) is 0 Å².